The Kier molecular flexibility index (Phi) is 4.96. The molecule has 2 fully saturated rings. The zero-order valence-corrected chi connectivity index (χ0v) is 12.3. The Morgan fingerprint density at radius 2 is 2.06 bits per heavy atom. The average Bonchev–Trinajstić information content (AvgIpc) is 2.93. The van der Waals surface area contributed by atoms with E-state index in [1.54, 1.807) is 0 Å². The van der Waals surface area contributed by atoms with Crippen molar-refractivity contribution in [3.8, 4) is 0 Å². The van der Waals surface area contributed by atoms with Gasteiger partial charge < -0.3 is 10.2 Å². The molecule has 0 aromatic rings. The SMILES string of the molecule is CC(CNC(=O)CC1(CS)CC1)CN1CCCC1. The second-order valence-corrected chi connectivity index (χ2v) is 6.57. The van der Waals surface area contributed by atoms with Crippen LogP contribution >= 0.6 is 12.6 Å². The highest BCUT2D eigenvalue weighted by atomic mass is 32.1. The first-order chi connectivity index (χ1) is 8.63. The molecule has 1 aliphatic heterocycles. The first kappa shape index (κ1) is 14.2. The molecule has 1 saturated heterocycles. The summed E-state index contributed by atoms with van der Waals surface area (Å²) in [7, 11) is 0. The highest BCUT2D eigenvalue weighted by Crippen LogP contribution is 2.49. The minimum absolute atomic E-state index is 0.217. The third-order valence-corrected chi connectivity index (χ3v) is 4.92. The van der Waals surface area contributed by atoms with Gasteiger partial charge in [0, 0.05) is 19.5 Å². The fraction of sp³-hybridized carbons (Fsp3) is 0.929. The summed E-state index contributed by atoms with van der Waals surface area (Å²) in [6.07, 6.45) is 5.69. The van der Waals surface area contributed by atoms with Crippen LogP contribution in [0.4, 0.5) is 0 Å². The largest absolute Gasteiger partial charge is 0.356 e. The topological polar surface area (TPSA) is 32.3 Å². The van der Waals surface area contributed by atoms with E-state index in [4.69, 9.17) is 0 Å². The number of likely N-dealkylation sites (tertiary alicyclic amines) is 1. The Morgan fingerprint density at radius 3 is 2.61 bits per heavy atom. The predicted octanol–water partition coefficient (Wildman–Crippen LogP) is 1.93. The molecule has 4 heteroatoms. The monoisotopic (exact) mass is 270 g/mol. The van der Waals surface area contributed by atoms with Crippen LogP contribution in [0.2, 0.25) is 0 Å². The molecule has 1 aliphatic carbocycles. The molecule has 1 atom stereocenters. The quantitative estimate of drug-likeness (QED) is 0.693. The molecule has 2 aliphatic rings. The van der Waals surface area contributed by atoms with E-state index >= 15 is 0 Å². The van der Waals surface area contributed by atoms with Gasteiger partial charge in [0.1, 0.15) is 0 Å². The standard InChI is InChI=1S/C14H26N2OS/c1-12(10-16-6-2-3-7-16)9-15-13(17)8-14(11-18)4-5-14/h12,18H,2-11H2,1H3,(H,15,17). The molecule has 1 saturated carbocycles. The maximum absolute atomic E-state index is 11.8. The van der Waals surface area contributed by atoms with Gasteiger partial charge in [-0.15, -0.1) is 0 Å². The van der Waals surface area contributed by atoms with Crippen LogP contribution in [-0.4, -0.2) is 42.7 Å². The van der Waals surface area contributed by atoms with Gasteiger partial charge in [0.15, 0.2) is 0 Å². The van der Waals surface area contributed by atoms with E-state index in [-0.39, 0.29) is 11.3 Å². The van der Waals surface area contributed by atoms with E-state index in [1.807, 2.05) is 0 Å². The lowest BCUT2D eigenvalue weighted by molar-refractivity contribution is -0.122. The molecular weight excluding hydrogens is 244 g/mol. The Hall–Kier alpha value is -0.220. The van der Waals surface area contributed by atoms with Gasteiger partial charge >= 0.3 is 0 Å². The second-order valence-electron chi connectivity index (χ2n) is 6.25. The average molecular weight is 270 g/mol. The van der Waals surface area contributed by atoms with Gasteiger partial charge in [-0.1, -0.05) is 6.92 Å². The van der Waals surface area contributed by atoms with Crippen LogP contribution in [-0.2, 0) is 4.79 Å². The summed E-state index contributed by atoms with van der Waals surface area (Å²) >= 11 is 4.34. The summed E-state index contributed by atoms with van der Waals surface area (Å²) in [6.45, 7) is 6.64. The van der Waals surface area contributed by atoms with Crippen molar-refractivity contribution in [3.05, 3.63) is 0 Å². The van der Waals surface area contributed by atoms with E-state index in [0.29, 0.717) is 12.3 Å². The van der Waals surface area contributed by atoms with Gasteiger partial charge in [0.25, 0.3) is 0 Å². The number of carbonyl (C=O) groups excluding carboxylic acids is 1. The number of amides is 1. The number of nitrogens with zero attached hydrogens (tertiary/aromatic N) is 1. The smallest absolute Gasteiger partial charge is 0.220 e. The Bertz CT molecular complexity index is 286. The van der Waals surface area contributed by atoms with Crippen molar-refractivity contribution >= 4 is 18.5 Å². The highest BCUT2D eigenvalue weighted by Gasteiger charge is 2.42. The van der Waals surface area contributed by atoms with Crippen LogP contribution in [0.25, 0.3) is 0 Å². The minimum Gasteiger partial charge on any atom is -0.356 e. The molecule has 104 valence electrons. The van der Waals surface area contributed by atoms with E-state index in [9.17, 15) is 4.79 Å². The Balaban J connectivity index is 1.59. The number of nitrogens with one attached hydrogen (secondary N) is 1. The normalized spacial score (nSPS) is 23.9. The van der Waals surface area contributed by atoms with E-state index in [2.05, 4.69) is 29.8 Å². The van der Waals surface area contributed by atoms with Gasteiger partial charge in [-0.05, 0) is 55.9 Å². The second kappa shape index (κ2) is 6.29. The molecule has 0 aromatic heterocycles. The van der Waals surface area contributed by atoms with Gasteiger partial charge in [0.05, 0.1) is 0 Å². The number of thiol groups is 1. The minimum atomic E-state index is 0.217. The first-order valence-corrected chi connectivity index (χ1v) is 7.87. The van der Waals surface area contributed by atoms with Crippen molar-refractivity contribution < 1.29 is 4.79 Å². The lowest BCUT2D eigenvalue weighted by Gasteiger charge is -2.21. The summed E-state index contributed by atoms with van der Waals surface area (Å²) in [5, 5.41) is 3.09. The third-order valence-electron chi connectivity index (χ3n) is 4.24. The van der Waals surface area contributed by atoms with E-state index in [0.717, 1.165) is 18.8 Å². The molecule has 0 aromatic carbocycles. The summed E-state index contributed by atoms with van der Waals surface area (Å²) in [5.41, 5.74) is 0.241. The molecule has 2 rings (SSSR count). The molecule has 18 heavy (non-hydrogen) atoms. The fourth-order valence-corrected chi connectivity index (χ4v) is 3.16. The molecule has 3 nitrogen and oxygen atoms in total. The Morgan fingerprint density at radius 1 is 1.39 bits per heavy atom. The van der Waals surface area contributed by atoms with Gasteiger partial charge in [-0.3, -0.25) is 4.79 Å². The van der Waals surface area contributed by atoms with Crippen LogP contribution in [0, 0.1) is 11.3 Å². The van der Waals surface area contributed by atoms with Crippen molar-refractivity contribution in [2.24, 2.45) is 11.3 Å². The molecule has 1 N–H and O–H groups in total. The highest BCUT2D eigenvalue weighted by molar-refractivity contribution is 7.80. The van der Waals surface area contributed by atoms with Crippen LogP contribution < -0.4 is 5.32 Å². The summed E-state index contributed by atoms with van der Waals surface area (Å²) in [5.74, 6) is 1.62. The maximum atomic E-state index is 11.8. The van der Waals surface area contributed by atoms with Crippen LogP contribution in [0.5, 0.6) is 0 Å². The number of hydrogen-bond acceptors (Lipinski definition) is 3. The van der Waals surface area contributed by atoms with E-state index in [1.165, 1.54) is 38.8 Å². The van der Waals surface area contributed by atoms with Gasteiger partial charge in [0.2, 0.25) is 5.91 Å². The van der Waals surface area contributed by atoms with Crippen molar-refractivity contribution in [1.82, 2.24) is 10.2 Å². The van der Waals surface area contributed by atoms with Crippen molar-refractivity contribution in [2.75, 3.05) is 31.9 Å². The summed E-state index contributed by atoms with van der Waals surface area (Å²) in [6, 6.07) is 0. The first-order valence-electron chi connectivity index (χ1n) is 7.23. The predicted molar refractivity (Wildman–Crippen MR) is 78.0 cm³/mol. The Labute approximate surface area is 116 Å². The molecule has 0 spiro atoms. The van der Waals surface area contributed by atoms with Gasteiger partial charge in [-0.25, -0.2) is 0 Å². The molecule has 1 unspecified atom stereocenters. The maximum Gasteiger partial charge on any atom is 0.220 e. The molecule has 1 heterocycles. The van der Waals surface area contributed by atoms with Crippen molar-refractivity contribution in [1.29, 1.82) is 0 Å². The third kappa shape index (κ3) is 4.16. The molecule has 0 bridgehead atoms. The van der Waals surface area contributed by atoms with Crippen molar-refractivity contribution in [2.45, 2.75) is 39.0 Å². The van der Waals surface area contributed by atoms with Crippen LogP contribution in [0.1, 0.15) is 39.0 Å². The van der Waals surface area contributed by atoms with Crippen LogP contribution in [0.3, 0.4) is 0 Å². The molecule has 1 amide bonds. The van der Waals surface area contributed by atoms with Gasteiger partial charge in [-0.2, -0.15) is 12.6 Å². The lowest BCUT2D eigenvalue weighted by Crippen LogP contribution is -2.35. The molecular formula is C14H26N2OS. The van der Waals surface area contributed by atoms with E-state index < -0.39 is 0 Å². The summed E-state index contributed by atoms with van der Waals surface area (Å²) < 4.78 is 0. The fourth-order valence-electron chi connectivity index (χ4n) is 2.73. The number of carbonyl (C=O) groups is 1. The zero-order valence-electron chi connectivity index (χ0n) is 11.5. The molecule has 0 radical (unpaired) electrons. The zero-order chi connectivity index (χ0) is 13.0. The lowest BCUT2D eigenvalue weighted by atomic mass is 10.0. The van der Waals surface area contributed by atoms with Crippen molar-refractivity contribution in [3.63, 3.8) is 0 Å². The van der Waals surface area contributed by atoms with Crippen LogP contribution in [0.15, 0.2) is 0 Å². The summed E-state index contributed by atoms with van der Waals surface area (Å²) in [4.78, 5) is 14.3. The number of hydrogen-bond donors (Lipinski definition) is 2. The number of rotatable bonds is 7.